The summed E-state index contributed by atoms with van der Waals surface area (Å²) >= 11 is 1.64. The highest BCUT2D eigenvalue weighted by Gasteiger charge is 2.11. The molecule has 0 atom stereocenters. The number of hydrogen-bond acceptors (Lipinski definition) is 5. The zero-order chi connectivity index (χ0) is 18.9. The van der Waals surface area contributed by atoms with Gasteiger partial charge in [-0.3, -0.25) is 14.5 Å². The summed E-state index contributed by atoms with van der Waals surface area (Å²) in [6.07, 6.45) is 2.00. The van der Waals surface area contributed by atoms with E-state index in [-0.39, 0.29) is 24.9 Å². The Morgan fingerprint density at radius 3 is 2.19 bits per heavy atom. The van der Waals surface area contributed by atoms with Gasteiger partial charge in [-0.05, 0) is 49.7 Å². The number of amides is 2. The molecule has 0 fully saturated rings. The van der Waals surface area contributed by atoms with Gasteiger partial charge in [0.25, 0.3) is 0 Å². The molecule has 0 aromatic heterocycles. The number of thioether (sulfide) groups is 1. The summed E-state index contributed by atoms with van der Waals surface area (Å²) in [4.78, 5) is 27.0. The molecule has 26 heavy (non-hydrogen) atoms. The van der Waals surface area contributed by atoms with Crippen molar-refractivity contribution in [2.75, 3.05) is 44.1 Å². The molecule has 0 radical (unpaired) electrons. The first-order chi connectivity index (χ1) is 12.5. The van der Waals surface area contributed by atoms with Crippen LogP contribution in [-0.4, -0.2) is 50.2 Å². The Labute approximate surface area is 157 Å². The Morgan fingerprint density at radius 1 is 1.00 bits per heavy atom. The van der Waals surface area contributed by atoms with Crippen molar-refractivity contribution in [3.8, 4) is 5.75 Å². The van der Waals surface area contributed by atoms with Crippen molar-refractivity contribution in [1.82, 2.24) is 4.90 Å². The topological polar surface area (TPSA) is 70.7 Å². The first-order valence-electron chi connectivity index (χ1n) is 8.06. The first-order valence-corrected chi connectivity index (χ1v) is 9.29. The number of likely N-dealkylation sites (N-methyl/N-ethyl adjacent to an activating group) is 1. The van der Waals surface area contributed by atoms with Crippen LogP contribution in [0.15, 0.2) is 53.4 Å². The molecule has 0 aliphatic rings. The SMILES string of the molecule is COc1cccc(NC(=O)CN(C)CC(=O)Nc2ccc(SC)cc2)c1. The number of carbonyl (C=O) groups is 2. The molecule has 2 rings (SSSR count). The number of benzene rings is 2. The predicted octanol–water partition coefficient (Wildman–Crippen LogP) is 2.93. The second-order valence-corrected chi connectivity index (χ2v) is 6.61. The van der Waals surface area contributed by atoms with Gasteiger partial charge in [0.05, 0.1) is 20.2 Å². The lowest BCUT2D eigenvalue weighted by Gasteiger charge is -2.16. The summed E-state index contributed by atoms with van der Waals surface area (Å²) < 4.78 is 5.13. The highest BCUT2D eigenvalue weighted by atomic mass is 32.2. The van der Waals surface area contributed by atoms with Crippen LogP contribution in [0.5, 0.6) is 5.75 Å². The minimum Gasteiger partial charge on any atom is -0.497 e. The van der Waals surface area contributed by atoms with Gasteiger partial charge in [0.2, 0.25) is 11.8 Å². The van der Waals surface area contributed by atoms with Gasteiger partial charge in [0, 0.05) is 22.3 Å². The molecule has 2 aromatic carbocycles. The third-order valence-electron chi connectivity index (χ3n) is 3.55. The van der Waals surface area contributed by atoms with E-state index in [0.717, 1.165) is 10.6 Å². The number of rotatable bonds is 8. The summed E-state index contributed by atoms with van der Waals surface area (Å²) in [5.74, 6) is 0.305. The Hall–Kier alpha value is -2.51. The molecule has 7 heteroatoms. The van der Waals surface area contributed by atoms with E-state index in [0.29, 0.717) is 11.4 Å². The molecule has 0 aliphatic carbocycles. The lowest BCUT2D eigenvalue weighted by atomic mass is 10.3. The van der Waals surface area contributed by atoms with E-state index >= 15 is 0 Å². The van der Waals surface area contributed by atoms with Crippen LogP contribution in [0.1, 0.15) is 0 Å². The molecule has 0 unspecified atom stereocenters. The van der Waals surface area contributed by atoms with Gasteiger partial charge < -0.3 is 15.4 Å². The van der Waals surface area contributed by atoms with Crippen LogP contribution in [0.2, 0.25) is 0 Å². The van der Waals surface area contributed by atoms with E-state index in [9.17, 15) is 9.59 Å². The van der Waals surface area contributed by atoms with Gasteiger partial charge in [0.1, 0.15) is 5.75 Å². The molecule has 0 bridgehead atoms. The quantitative estimate of drug-likeness (QED) is 0.696. The number of anilines is 2. The zero-order valence-electron chi connectivity index (χ0n) is 15.1. The normalized spacial score (nSPS) is 10.5. The third-order valence-corrected chi connectivity index (χ3v) is 4.30. The van der Waals surface area contributed by atoms with Crippen molar-refractivity contribution >= 4 is 35.0 Å². The summed E-state index contributed by atoms with van der Waals surface area (Å²) in [7, 11) is 3.30. The summed E-state index contributed by atoms with van der Waals surface area (Å²) in [5.41, 5.74) is 1.39. The number of carbonyl (C=O) groups excluding carboxylic acids is 2. The minimum absolute atomic E-state index is 0.107. The van der Waals surface area contributed by atoms with Crippen molar-refractivity contribution < 1.29 is 14.3 Å². The van der Waals surface area contributed by atoms with Crippen molar-refractivity contribution in [2.45, 2.75) is 4.90 Å². The van der Waals surface area contributed by atoms with Gasteiger partial charge in [-0.1, -0.05) is 6.07 Å². The Balaban J connectivity index is 1.79. The second kappa shape index (κ2) is 9.84. The first kappa shape index (κ1) is 19.8. The fourth-order valence-electron chi connectivity index (χ4n) is 2.32. The molecule has 138 valence electrons. The van der Waals surface area contributed by atoms with Gasteiger partial charge in [0.15, 0.2) is 0 Å². The van der Waals surface area contributed by atoms with E-state index in [1.165, 1.54) is 0 Å². The van der Waals surface area contributed by atoms with Crippen LogP contribution >= 0.6 is 11.8 Å². The molecule has 2 amide bonds. The largest absolute Gasteiger partial charge is 0.497 e. The average Bonchev–Trinajstić information content (AvgIpc) is 2.62. The maximum atomic E-state index is 12.1. The zero-order valence-corrected chi connectivity index (χ0v) is 15.9. The molecule has 0 heterocycles. The summed E-state index contributed by atoms with van der Waals surface area (Å²) in [6, 6.07) is 14.7. The lowest BCUT2D eigenvalue weighted by Crippen LogP contribution is -2.36. The maximum Gasteiger partial charge on any atom is 0.238 e. The van der Waals surface area contributed by atoms with Crippen LogP contribution in [0, 0.1) is 0 Å². The Bertz CT molecular complexity index is 750. The van der Waals surface area contributed by atoms with Crippen LogP contribution in [-0.2, 0) is 9.59 Å². The fraction of sp³-hybridized carbons (Fsp3) is 0.263. The lowest BCUT2D eigenvalue weighted by molar-refractivity contribution is -0.119. The number of nitrogens with one attached hydrogen (secondary N) is 2. The smallest absolute Gasteiger partial charge is 0.238 e. The van der Waals surface area contributed by atoms with Crippen LogP contribution < -0.4 is 15.4 Å². The number of ether oxygens (including phenoxy) is 1. The van der Waals surface area contributed by atoms with Crippen molar-refractivity contribution in [1.29, 1.82) is 0 Å². The third kappa shape index (κ3) is 6.42. The van der Waals surface area contributed by atoms with Crippen LogP contribution in [0.25, 0.3) is 0 Å². The fourth-order valence-corrected chi connectivity index (χ4v) is 2.73. The highest BCUT2D eigenvalue weighted by molar-refractivity contribution is 7.98. The van der Waals surface area contributed by atoms with Crippen LogP contribution in [0.4, 0.5) is 11.4 Å². The van der Waals surface area contributed by atoms with E-state index in [2.05, 4.69) is 10.6 Å². The summed E-state index contributed by atoms with van der Waals surface area (Å²) in [5, 5.41) is 5.61. The Morgan fingerprint density at radius 2 is 1.62 bits per heavy atom. The second-order valence-electron chi connectivity index (χ2n) is 5.73. The molecule has 0 aliphatic heterocycles. The minimum atomic E-state index is -0.196. The van der Waals surface area contributed by atoms with Crippen molar-refractivity contribution in [3.05, 3.63) is 48.5 Å². The molecule has 0 saturated heterocycles. The van der Waals surface area contributed by atoms with Crippen LogP contribution in [0.3, 0.4) is 0 Å². The molecule has 6 nitrogen and oxygen atoms in total. The summed E-state index contributed by atoms with van der Waals surface area (Å²) in [6.45, 7) is 0.228. The molecule has 2 N–H and O–H groups in total. The number of nitrogens with zero attached hydrogens (tertiary/aromatic N) is 1. The maximum absolute atomic E-state index is 12.1. The highest BCUT2D eigenvalue weighted by Crippen LogP contribution is 2.18. The Kier molecular flexibility index (Phi) is 7.50. The monoisotopic (exact) mass is 373 g/mol. The molecule has 0 saturated carbocycles. The number of hydrogen-bond donors (Lipinski definition) is 2. The predicted molar refractivity (Wildman–Crippen MR) is 106 cm³/mol. The molecule has 2 aromatic rings. The average molecular weight is 373 g/mol. The van der Waals surface area contributed by atoms with Crippen molar-refractivity contribution in [2.24, 2.45) is 0 Å². The van der Waals surface area contributed by atoms with Gasteiger partial charge >= 0.3 is 0 Å². The molecular formula is C19H23N3O3S. The number of methoxy groups -OCH3 is 1. The van der Waals surface area contributed by atoms with E-state index in [1.54, 1.807) is 55.1 Å². The molecule has 0 spiro atoms. The van der Waals surface area contributed by atoms with Gasteiger partial charge in [-0.15, -0.1) is 11.8 Å². The van der Waals surface area contributed by atoms with Gasteiger partial charge in [-0.25, -0.2) is 0 Å². The standard InChI is InChI=1S/C19H23N3O3S/c1-22(12-18(23)20-14-7-9-17(26-3)10-8-14)13-19(24)21-15-5-4-6-16(11-15)25-2/h4-11H,12-13H2,1-3H3,(H,20,23)(H,21,24). The van der Waals surface area contributed by atoms with E-state index < -0.39 is 0 Å². The van der Waals surface area contributed by atoms with E-state index in [4.69, 9.17) is 4.74 Å². The van der Waals surface area contributed by atoms with Crippen molar-refractivity contribution in [3.63, 3.8) is 0 Å². The van der Waals surface area contributed by atoms with E-state index in [1.807, 2.05) is 30.5 Å². The van der Waals surface area contributed by atoms with Gasteiger partial charge in [-0.2, -0.15) is 0 Å². The molecular weight excluding hydrogens is 350 g/mol.